The van der Waals surface area contributed by atoms with E-state index in [9.17, 15) is 27.6 Å². The Kier molecular flexibility index (Phi) is 11.7. The van der Waals surface area contributed by atoms with Crippen molar-refractivity contribution in [1.82, 2.24) is 4.31 Å². The van der Waals surface area contributed by atoms with Crippen LogP contribution in [0.25, 0.3) is 10.1 Å². The maximum Gasteiger partial charge on any atom is 0.424 e. The highest BCUT2D eigenvalue weighted by Crippen LogP contribution is 2.48. The number of hydrogen-bond acceptors (Lipinski definition) is 8. The summed E-state index contributed by atoms with van der Waals surface area (Å²) in [5.41, 5.74) is -1.45. The molecule has 0 saturated heterocycles. The van der Waals surface area contributed by atoms with E-state index in [4.69, 9.17) is 37.4 Å². The standard InChI is InChI=1S/C22H30Cl2F2NO9PS2/c1-5-13-14-15(25)17(34-10-6-8-23)18(35-11-7-9-24)16(26)19(14)38-20(13)39(32,33)27(12-37(29,30)31)21(28)36-22(2,3)4/h5-12H2,1-4H3,(H2,29,30,31). The highest BCUT2D eigenvalue weighted by atomic mass is 35.5. The summed E-state index contributed by atoms with van der Waals surface area (Å²) in [6.45, 7) is 5.55. The molecule has 0 spiro atoms. The van der Waals surface area contributed by atoms with Crippen molar-refractivity contribution in [1.29, 1.82) is 0 Å². The molecule has 0 unspecified atom stereocenters. The number of carbonyl (C=O) groups excluding carboxylic acids is 1. The van der Waals surface area contributed by atoms with Crippen molar-refractivity contribution in [2.45, 2.75) is 56.8 Å². The van der Waals surface area contributed by atoms with Gasteiger partial charge in [0.15, 0.2) is 11.6 Å². The van der Waals surface area contributed by atoms with Crippen LogP contribution in [-0.4, -0.2) is 65.5 Å². The molecule has 1 aromatic heterocycles. The fourth-order valence-corrected chi connectivity index (χ4v) is 8.02. The van der Waals surface area contributed by atoms with Crippen LogP contribution < -0.4 is 9.47 Å². The molecule has 1 aromatic carbocycles. The Balaban J connectivity index is 2.85. The van der Waals surface area contributed by atoms with Crippen LogP contribution in [0.4, 0.5) is 13.6 Å². The predicted octanol–water partition coefficient (Wildman–Crippen LogP) is 5.82. The third-order valence-electron chi connectivity index (χ3n) is 4.83. The smallest absolute Gasteiger partial charge is 0.424 e. The lowest BCUT2D eigenvalue weighted by Gasteiger charge is -2.27. The van der Waals surface area contributed by atoms with Crippen molar-refractivity contribution >= 4 is 68.3 Å². The van der Waals surface area contributed by atoms with E-state index in [1.807, 2.05) is 0 Å². The fourth-order valence-electron chi connectivity index (χ4n) is 3.30. The Morgan fingerprint density at radius 1 is 1.05 bits per heavy atom. The van der Waals surface area contributed by atoms with Crippen molar-refractivity contribution in [3.05, 3.63) is 17.2 Å². The number of thiophene rings is 1. The number of ether oxygens (including phenoxy) is 3. The molecule has 0 bridgehead atoms. The summed E-state index contributed by atoms with van der Waals surface area (Å²) in [5.74, 6) is -3.04. The van der Waals surface area contributed by atoms with Gasteiger partial charge in [0.1, 0.15) is 16.1 Å². The monoisotopic (exact) mass is 655 g/mol. The molecule has 2 aromatic rings. The zero-order chi connectivity index (χ0) is 29.8. The highest BCUT2D eigenvalue weighted by Gasteiger charge is 2.41. The van der Waals surface area contributed by atoms with Gasteiger partial charge in [-0.2, -0.15) is 12.7 Å². The van der Waals surface area contributed by atoms with E-state index in [0.29, 0.717) is 12.8 Å². The molecule has 1 heterocycles. The summed E-state index contributed by atoms with van der Waals surface area (Å²) in [4.78, 5) is 31.8. The summed E-state index contributed by atoms with van der Waals surface area (Å²) in [5, 5.41) is -0.426. The minimum atomic E-state index is -5.14. The van der Waals surface area contributed by atoms with Crippen LogP contribution in [0.1, 0.15) is 46.1 Å². The SMILES string of the molecule is CCc1c(S(=O)(=O)N(CP(=O)(O)O)C(=O)OC(C)(C)C)sc2c(F)c(OCCCCl)c(OCCCCl)c(F)c12. The molecule has 0 saturated carbocycles. The lowest BCUT2D eigenvalue weighted by Crippen LogP contribution is -2.41. The minimum Gasteiger partial charge on any atom is -0.487 e. The molecule has 1 amide bonds. The second-order valence-electron chi connectivity index (χ2n) is 9.13. The van der Waals surface area contributed by atoms with E-state index in [-0.39, 0.29) is 52.6 Å². The van der Waals surface area contributed by atoms with Gasteiger partial charge in [-0.1, -0.05) is 6.92 Å². The first-order valence-electron chi connectivity index (χ1n) is 11.6. The zero-order valence-electron chi connectivity index (χ0n) is 21.6. The topological polar surface area (TPSA) is 140 Å². The van der Waals surface area contributed by atoms with Gasteiger partial charge in [0.2, 0.25) is 11.5 Å². The number of hydrogen-bond donors (Lipinski definition) is 2. The Hall–Kier alpha value is -1.41. The first-order valence-corrected chi connectivity index (χ1v) is 16.8. The van der Waals surface area contributed by atoms with Gasteiger partial charge in [0, 0.05) is 17.1 Å². The van der Waals surface area contributed by atoms with Crippen molar-refractivity contribution in [2.24, 2.45) is 0 Å². The second-order valence-corrected chi connectivity index (χ2v) is 14.6. The second kappa shape index (κ2) is 13.5. The fraction of sp³-hybridized carbons (Fsp3) is 0.591. The molecule has 2 N–H and O–H groups in total. The quantitative estimate of drug-likeness (QED) is 0.155. The Morgan fingerprint density at radius 3 is 2.00 bits per heavy atom. The van der Waals surface area contributed by atoms with E-state index in [2.05, 4.69) is 0 Å². The summed E-state index contributed by atoms with van der Waals surface area (Å²) in [6.07, 6.45) is -2.69. The number of carbonyl (C=O) groups is 1. The highest BCUT2D eigenvalue weighted by molar-refractivity contribution is 7.92. The maximum absolute atomic E-state index is 15.9. The van der Waals surface area contributed by atoms with Gasteiger partial charge in [-0.05, 0) is 45.6 Å². The zero-order valence-corrected chi connectivity index (χ0v) is 25.7. The van der Waals surface area contributed by atoms with Crippen LogP contribution in [0, 0.1) is 11.6 Å². The summed E-state index contributed by atoms with van der Waals surface area (Å²) in [6, 6.07) is 0. The van der Waals surface area contributed by atoms with Crippen LogP contribution in [0.2, 0.25) is 0 Å². The van der Waals surface area contributed by atoms with Gasteiger partial charge >= 0.3 is 13.7 Å². The molecule has 0 aliphatic heterocycles. The van der Waals surface area contributed by atoms with E-state index >= 15 is 8.78 Å². The molecular formula is C22H30Cl2F2NO9PS2. The van der Waals surface area contributed by atoms with Crippen LogP contribution in [0.5, 0.6) is 11.5 Å². The molecule has 0 aliphatic rings. The lowest BCUT2D eigenvalue weighted by atomic mass is 10.1. The molecule has 17 heteroatoms. The molecule has 0 aliphatic carbocycles. The number of fused-ring (bicyclic) bond motifs is 1. The third-order valence-corrected chi connectivity index (χ3v) is 9.68. The number of rotatable bonds is 13. The van der Waals surface area contributed by atoms with Crippen molar-refractivity contribution in [3.63, 3.8) is 0 Å². The van der Waals surface area contributed by atoms with Gasteiger partial charge in [-0.3, -0.25) is 4.57 Å². The van der Waals surface area contributed by atoms with Gasteiger partial charge in [0.25, 0.3) is 10.0 Å². The first-order chi connectivity index (χ1) is 18.0. The minimum absolute atomic E-state index is 0.0941. The Bertz CT molecular complexity index is 1340. The number of halogens is 4. The molecule has 0 radical (unpaired) electrons. The largest absolute Gasteiger partial charge is 0.487 e. The molecule has 0 fully saturated rings. The van der Waals surface area contributed by atoms with E-state index < -0.39 is 73.0 Å². The molecular weight excluding hydrogens is 626 g/mol. The van der Waals surface area contributed by atoms with E-state index in [1.54, 1.807) is 0 Å². The molecule has 39 heavy (non-hydrogen) atoms. The molecule has 0 atom stereocenters. The van der Waals surface area contributed by atoms with Gasteiger partial charge < -0.3 is 24.0 Å². The lowest BCUT2D eigenvalue weighted by molar-refractivity contribution is 0.0404. The average Bonchev–Trinajstić information content (AvgIpc) is 3.21. The number of alkyl halides is 2. The maximum atomic E-state index is 15.9. The predicted molar refractivity (Wildman–Crippen MR) is 145 cm³/mol. The Morgan fingerprint density at radius 2 is 1.56 bits per heavy atom. The summed E-state index contributed by atoms with van der Waals surface area (Å²) in [7, 11) is -10.2. The number of sulfonamides is 1. The molecule has 222 valence electrons. The molecule has 2 rings (SSSR count). The molecule has 10 nitrogen and oxygen atoms in total. The number of aryl methyl sites for hydroxylation is 1. The van der Waals surface area contributed by atoms with E-state index in [0.717, 1.165) is 0 Å². The van der Waals surface area contributed by atoms with Crippen molar-refractivity contribution < 1.29 is 50.6 Å². The first kappa shape index (κ1) is 33.8. The average molecular weight is 656 g/mol. The summed E-state index contributed by atoms with van der Waals surface area (Å²) >= 11 is 11.6. The van der Waals surface area contributed by atoms with Gasteiger partial charge in [-0.25, -0.2) is 13.6 Å². The number of benzene rings is 1. The normalized spacial score (nSPS) is 12.6. The Labute approximate surface area is 239 Å². The van der Waals surface area contributed by atoms with Crippen molar-refractivity contribution in [2.75, 3.05) is 31.3 Å². The van der Waals surface area contributed by atoms with Crippen LogP contribution in [-0.2, 0) is 25.7 Å². The van der Waals surface area contributed by atoms with Gasteiger partial charge in [0.05, 0.1) is 17.9 Å². The van der Waals surface area contributed by atoms with Crippen LogP contribution in [0.3, 0.4) is 0 Å². The van der Waals surface area contributed by atoms with Crippen LogP contribution >= 0.6 is 42.1 Å². The summed E-state index contributed by atoms with van der Waals surface area (Å²) < 4.78 is 85.4. The van der Waals surface area contributed by atoms with E-state index in [1.165, 1.54) is 27.7 Å². The van der Waals surface area contributed by atoms with Crippen LogP contribution in [0.15, 0.2) is 4.21 Å². The third kappa shape index (κ3) is 8.31. The van der Waals surface area contributed by atoms with Crippen molar-refractivity contribution in [3.8, 4) is 11.5 Å². The number of nitrogens with zero attached hydrogens (tertiary/aromatic N) is 1. The van der Waals surface area contributed by atoms with Gasteiger partial charge in [-0.15, -0.1) is 34.5 Å². The number of amides is 1.